The van der Waals surface area contributed by atoms with Crippen LogP contribution in [0.25, 0.3) is 0 Å². The summed E-state index contributed by atoms with van der Waals surface area (Å²) in [7, 11) is 0. The number of amides is 1. The fourth-order valence-electron chi connectivity index (χ4n) is 3.31. The Bertz CT molecular complexity index is 567. The van der Waals surface area contributed by atoms with Crippen molar-refractivity contribution >= 4 is 5.91 Å². The highest BCUT2D eigenvalue weighted by Gasteiger charge is 2.22. The van der Waals surface area contributed by atoms with Crippen LogP contribution in [0.2, 0.25) is 0 Å². The summed E-state index contributed by atoms with van der Waals surface area (Å²) in [6.45, 7) is 10.1. The number of ether oxygens (including phenoxy) is 3. The van der Waals surface area contributed by atoms with E-state index in [1.807, 2.05) is 32.0 Å². The normalized spacial score (nSPS) is 18.0. The number of carbonyl (C=O) groups excluding carboxylic acids is 1. The third-order valence-corrected chi connectivity index (χ3v) is 4.63. The smallest absolute Gasteiger partial charge is 0.220 e. The molecule has 0 saturated carbocycles. The summed E-state index contributed by atoms with van der Waals surface area (Å²) >= 11 is 0. The van der Waals surface area contributed by atoms with E-state index in [1.165, 1.54) is 0 Å². The highest BCUT2D eigenvalue weighted by molar-refractivity contribution is 5.76. The van der Waals surface area contributed by atoms with E-state index in [9.17, 15) is 4.79 Å². The van der Waals surface area contributed by atoms with E-state index in [4.69, 9.17) is 14.2 Å². The lowest BCUT2D eigenvalue weighted by Gasteiger charge is -2.24. The Hall–Kier alpha value is -1.75. The predicted molar refractivity (Wildman–Crippen MR) is 103 cm³/mol. The van der Waals surface area contributed by atoms with Crippen LogP contribution in [0.4, 0.5) is 0 Å². The zero-order chi connectivity index (χ0) is 18.9. The summed E-state index contributed by atoms with van der Waals surface area (Å²) in [6, 6.07) is 5.87. The van der Waals surface area contributed by atoms with Gasteiger partial charge in [0.25, 0.3) is 0 Å². The van der Waals surface area contributed by atoms with Crippen molar-refractivity contribution in [3.05, 3.63) is 23.8 Å². The highest BCUT2D eigenvalue weighted by atomic mass is 16.5. The number of benzene rings is 1. The van der Waals surface area contributed by atoms with E-state index in [2.05, 4.69) is 19.2 Å². The molecule has 2 unspecified atom stereocenters. The topological polar surface area (TPSA) is 56.8 Å². The summed E-state index contributed by atoms with van der Waals surface area (Å²) in [5.74, 6) is 1.82. The van der Waals surface area contributed by atoms with Crippen LogP contribution < -0.4 is 14.8 Å². The average Bonchev–Trinajstić information content (AvgIpc) is 3.13. The fourth-order valence-corrected chi connectivity index (χ4v) is 3.31. The summed E-state index contributed by atoms with van der Waals surface area (Å²) in [4.78, 5) is 12.4. The second-order valence-corrected chi connectivity index (χ2v) is 7.04. The largest absolute Gasteiger partial charge is 0.490 e. The van der Waals surface area contributed by atoms with E-state index in [-0.39, 0.29) is 24.0 Å². The molecule has 1 amide bonds. The van der Waals surface area contributed by atoms with Crippen LogP contribution >= 0.6 is 0 Å². The molecule has 2 atom stereocenters. The first kappa shape index (κ1) is 20.6. The van der Waals surface area contributed by atoms with E-state index in [0.717, 1.165) is 42.9 Å². The molecule has 0 aromatic heterocycles. The molecule has 0 spiro atoms. The van der Waals surface area contributed by atoms with Gasteiger partial charge in [0.2, 0.25) is 5.91 Å². The van der Waals surface area contributed by atoms with Gasteiger partial charge >= 0.3 is 0 Å². The van der Waals surface area contributed by atoms with E-state index in [0.29, 0.717) is 19.6 Å². The van der Waals surface area contributed by atoms with Gasteiger partial charge in [-0.05, 0) is 56.7 Å². The van der Waals surface area contributed by atoms with Crippen LogP contribution in [-0.4, -0.2) is 31.8 Å². The molecule has 2 rings (SSSR count). The van der Waals surface area contributed by atoms with Crippen LogP contribution in [0, 0.1) is 5.92 Å². The molecular formula is C21H33NO4. The van der Waals surface area contributed by atoms with Crippen molar-refractivity contribution in [3.8, 4) is 11.5 Å². The molecule has 1 saturated heterocycles. The van der Waals surface area contributed by atoms with Crippen LogP contribution in [0.15, 0.2) is 18.2 Å². The van der Waals surface area contributed by atoms with Crippen LogP contribution in [0.3, 0.4) is 0 Å². The maximum Gasteiger partial charge on any atom is 0.220 e. The average molecular weight is 363 g/mol. The zero-order valence-corrected chi connectivity index (χ0v) is 16.5. The molecule has 0 radical (unpaired) electrons. The number of nitrogens with one attached hydrogen (secondary N) is 1. The Labute approximate surface area is 157 Å². The number of hydrogen-bond acceptors (Lipinski definition) is 4. The molecule has 146 valence electrons. The monoisotopic (exact) mass is 363 g/mol. The minimum Gasteiger partial charge on any atom is -0.490 e. The predicted octanol–water partition coefficient (Wildman–Crippen LogP) is 4.26. The molecule has 26 heavy (non-hydrogen) atoms. The van der Waals surface area contributed by atoms with E-state index < -0.39 is 0 Å². The van der Waals surface area contributed by atoms with Crippen molar-refractivity contribution in [2.75, 3.05) is 19.8 Å². The van der Waals surface area contributed by atoms with Crippen LogP contribution in [-0.2, 0) is 9.53 Å². The highest BCUT2D eigenvalue weighted by Crippen LogP contribution is 2.33. The molecule has 0 bridgehead atoms. The Morgan fingerprint density at radius 3 is 2.58 bits per heavy atom. The summed E-state index contributed by atoms with van der Waals surface area (Å²) in [6.07, 6.45) is 3.71. The lowest BCUT2D eigenvalue weighted by atomic mass is 9.95. The molecule has 1 aliphatic heterocycles. The van der Waals surface area contributed by atoms with Gasteiger partial charge in [-0.1, -0.05) is 19.9 Å². The van der Waals surface area contributed by atoms with E-state index >= 15 is 0 Å². The second kappa shape index (κ2) is 10.4. The summed E-state index contributed by atoms with van der Waals surface area (Å²) < 4.78 is 17.0. The van der Waals surface area contributed by atoms with E-state index in [1.54, 1.807) is 0 Å². The quantitative estimate of drug-likeness (QED) is 0.675. The number of rotatable bonds is 10. The molecular weight excluding hydrogens is 330 g/mol. The zero-order valence-electron chi connectivity index (χ0n) is 16.5. The third-order valence-electron chi connectivity index (χ3n) is 4.63. The lowest BCUT2D eigenvalue weighted by Crippen LogP contribution is -2.32. The van der Waals surface area contributed by atoms with Gasteiger partial charge in [-0.2, -0.15) is 0 Å². The van der Waals surface area contributed by atoms with Crippen molar-refractivity contribution in [2.45, 2.75) is 65.5 Å². The maximum absolute atomic E-state index is 12.4. The Balaban J connectivity index is 2.05. The van der Waals surface area contributed by atoms with Gasteiger partial charge in [0.05, 0.1) is 25.4 Å². The number of hydrogen-bond donors (Lipinski definition) is 1. The first-order chi connectivity index (χ1) is 12.5. The standard InChI is InChI=1S/C21H33NO4/c1-5-24-18-11-9-16(14-19(18)25-6-2)21(15(3)4)22-20(23)12-10-17-8-7-13-26-17/h9,11,14-15,17,21H,5-8,10,12-13H2,1-4H3,(H,22,23). The van der Waals surface area contributed by atoms with Gasteiger partial charge in [-0.15, -0.1) is 0 Å². The molecule has 1 aromatic rings. The van der Waals surface area contributed by atoms with Crippen LogP contribution in [0.5, 0.6) is 11.5 Å². The van der Waals surface area contributed by atoms with Crippen molar-refractivity contribution in [3.63, 3.8) is 0 Å². The molecule has 0 aliphatic carbocycles. The van der Waals surface area contributed by atoms with Gasteiger partial charge < -0.3 is 19.5 Å². The van der Waals surface area contributed by atoms with Gasteiger partial charge in [-0.3, -0.25) is 4.79 Å². The Kier molecular flexibility index (Phi) is 8.23. The van der Waals surface area contributed by atoms with Gasteiger partial charge in [0, 0.05) is 13.0 Å². The molecule has 5 heteroatoms. The third kappa shape index (κ3) is 5.90. The van der Waals surface area contributed by atoms with Crippen molar-refractivity contribution in [1.82, 2.24) is 5.32 Å². The minimum absolute atomic E-state index is 0.0538. The lowest BCUT2D eigenvalue weighted by molar-refractivity contribution is -0.122. The minimum atomic E-state index is -0.0538. The summed E-state index contributed by atoms with van der Waals surface area (Å²) in [5, 5.41) is 3.19. The molecule has 1 N–H and O–H groups in total. The molecule has 1 fully saturated rings. The van der Waals surface area contributed by atoms with Gasteiger partial charge in [-0.25, -0.2) is 0 Å². The molecule has 1 aliphatic rings. The van der Waals surface area contributed by atoms with Gasteiger partial charge in [0.15, 0.2) is 11.5 Å². The van der Waals surface area contributed by atoms with Crippen molar-refractivity contribution < 1.29 is 19.0 Å². The SMILES string of the molecule is CCOc1ccc(C(NC(=O)CCC2CCCO2)C(C)C)cc1OCC. The molecule has 5 nitrogen and oxygen atoms in total. The summed E-state index contributed by atoms with van der Waals surface area (Å²) in [5.41, 5.74) is 1.04. The first-order valence-electron chi connectivity index (χ1n) is 9.85. The second-order valence-electron chi connectivity index (χ2n) is 7.04. The first-order valence-corrected chi connectivity index (χ1v) is 9.85. The maximum atomic E-state index is 12.4. The fraction of sp³-hybridized carbons (Fsp3) is 0.667. The van der Waals surface area contributed by atoms with Crippen molar-refractivity contribution in [2.24, 2.45) is 5.92 Å². The Morgan fingerprint density at radius 2 is 1.96 bits per heavy atom. The number of carbonyl (C=O) groups is 1. The molecule has 1 heterocycles. The van der Waals surface area contributed by atoms with Gasteiger partial charge in [0.1, 0.15) is 0 Å². The Morgan fingerprint density at radius 1 is 1.23 bits per heavy atom. The van der Waals surface area contributed by atoms with Crippen molar-refractivity contribution in [1.29, 1.82) is 0 Å². The van der Waals surface area contributed by atoms with Crippen LogP contribution in [0.1, 0.15) is 65.0 Å². The molecule has 1 aromatic carbocycles.